The molecule has 3 rings (SSSR count). The molecule has 144 valence electrons. The van der Waals surface area contributed by atoms with Crippen LogP contribution >= 0.6 is 11.6 Å². The number of nitrogens with zero attached hydrogens (tertiary/aromatic N) is 2. The number of hydrogen-bond acceptors (Lipinski definition) is 6. The van der Waals surface area contributed by atoms with Crippen LogP contribution in [0.1, 0.15) is 17.4 Å². The number of amides is 1. The number of hydrogen-bond donors (Lipinski definition) is 2. The van der Waals surface area contributed by atoms with Crippen LogP contribution in [0.5, 0.6) is 11.5 Å². The number of carbonyl (C=O) groups is 1. The van der Waals surface area contributed by atoms with E-state index in [1.807, 2.05) is 19.1 Å². The maximum absolute atomic E-state index is 12.4. The molecule has 1 heterocycles. The average molecular weight is 399 g/mol. The number of anilines is 3. The van der Waals surface area contributed by atoms with E-state index in [0.717, 1.165) is 5.69 Å². The zero-order valence-electron chi connectivity index (χ0n) is 15.4. The number of halogens is 1. The summed E-state index contributed by atoms with van der Waals surface area (Å²) in [5.74, 6) is 1.28. The Balaban J connectivity index is 1.68. The van der Waals surface area contributed by atoms with Crippen molar-refractivity contribution in [2.75, 3.05) is 24.4 Å². The molecule has 0 saturated carbocycles. The fourth-order valence-electron chi connectivity index (χ4n) is 2.44. The molecule has 0 saturated heterocycles. The Kier molecular flexibility index (Phi) is 6.29. The van der Waals surface area contributed by atoms with Crippen molar-refractivity contribution in [3.63, 3.8) is 0 Å². The summed E-state index contributed by atoms with van der Waals surface area (Å²) in [6.45, 7) is 2.38. The van der Waals surface area contributed by atoms with E-state index in [2.05, 4.69) is 20.6 Å². The lowest BCUT2D eigenvalue weighted by Gasteiger charge is -2.11. The minimum absolute atomic E-state index is 0.185. The fraction of sp³-hybridized carbons (Fsp3) is 0.150. The molecule has 3 aromatic rings. The second-order valence-electron chi connectivity index (χ2n) is 5.64. The van der Waals surface area contributed by atoms with Gasteiger partial charge in [0.2, 0.25) is 0 Å². The van der Waals surface area contributed by atoms with E-state index in [-0.39, 0.29) is 11.6 Å². The van der Waals surface area contributed by atoms with E-state index in [1.54, 1.807) is 37.4 Å². The third-order valence-corrected chi connectivity index (χ3v) is 4.04. The van der Waals surface area contributed by atoms with Gasteiger partial charge in [-0.3, -0.25) is 4.79 Å². The summed E-state index contributed by atoms with van der Waals surface area (Å²) in [5, 5.41) is 6.33. The van der Waals surface area contributed by atoms with Gasteiger partial charge < -0.3 is 20.1 Å². The summed E-state index contributed by atoms with van der Waals surface area (Å²) < 4.78 is 10.6. The van der Waals surface area contributed by atoms with Gasteiger partial charge in [0.1, 0.15) is 23.0 Å². The molecule has 0 aliphatic rings. The van der Waals surface area contributed by atoms with Crippen molar-refractivity contribution in [1.82, 2.24) is 9.97 Å². The van der Waals surface area contributed by atoms with E-state index in [9.17, 15) is 4.79 Å². The first-order valence-corrected chi connectivity index (χ1v) is 8.94. The van der Waals surface area contributed by atoms with Crippen molar-refractivity contribution in [1.29, 1.82) is 0 Å². The highest BCUT2D eigenvalue weighted by atomic mass is 35.5. The van der Waals surface area contributed by atoms with Crippen LogP contribution in [-0.2, 0) is 0 Å². The normalized spacial score (nSPS) is 10.2. The monoisotopic (exact) mass is 398 g/mol. The molecular formula is C20H19ClN4O3. The SMILES string of the molecule is CCOc1ccccc1NC(=O)c1cnc(Nc2ccc(OC)c(Cl)c2)cn1. The molecule has 7 nitrogen and oxygen atoms in total. The van der Waals surface area contributed by atoms with Gasteiger partial charge in [-0.1, -0.05) is 23.7 Å². The van der Waals surface area contributed by atoms with Gasteiger partial charge in [0.25, 0.3) is 5.91 Å². The third-order valence-electron chi connectivity index (χ3n) is 3.74. The third kappa shape index (κ3) is 4.69. The van der Waals surface area contributed by atoms with Crippen LogP contribution in [0.3, 0.4) is 0 Å². The molecule has 0 aliphatic carbocycles. The second-order valence-corrected chi connectivity index (χ2v) is 6.05. The Morgan fingerprint density at radius 1 is 1.11 bits per heavy atom. The molecule has 0 unspecified atom stereocenters. The zero-order valence-corrected chi connectivity index (χ0v) is 16.2. The van der Waals surface area contributed by atoms with Crippen molar-refractivity contribution in [3.05, 3.63) is 65.6 Å². The Bertz CT molecular complexity index is 964. The predicted molar refractivity (Wildman–Crippen MR) is 109 cm³/mol. The van der Waals surface area contributed by atoms with Crippen LogP contribution in [0, 0.1) is 0 Å². The molecule has 8 heteroatoms. The van der Waals surface area contributed by atoms with Gasteiger partial charge in [-0.15, -0.1) is 0 Å². The van der Waals surface area contributed by atoms with Gasteiger partial charge in [0, 0.05) is 5.69 Å². The minimum atomic E-state index is -0.376. The van der Waals surface area contributed by atoms with Gasteiger partial charge in [0.05, 0.1) is 36.8 Å². The lowest BCUT2D eigenvalue weighted by atomic mass is 10.3. The second kappa shape index (κ2) is 9.05. The highest BCUT2D eigenvalue weighted by molar-refractivity contribution is 6.32. The summed E-state index contributed by atoms with van der Waals surface area (Å²) >= 11 is 6.11. The van der Waals surface area contributed by atoms with Crippen molar-refractivity contribution >= 4 is 34.7 Å². The maximum atomic E-state index is 12.4. The highest BCUT2D eigenvalue weighted by Gasteiger charge is 2.12. The largest absolute Gasteiger partial charge is 0.495 e. The molecule has 28 heavy (non-hydrogen) atoms. The first kappa shape index (κ1) is 19.4. The summed E-state index contributed by atoms with van der Waals surface area (Å²) in [5.41, 5.74) is 1.48. The zero-order chi connectivity index (χ0) is 19.9. The Hall–Kier alpha value is -3.32. The van der Waals surface area contributed by atoms with Crippen LogP contribution in [0.4, 0.5) is 17.2 Å². The smallest absolute Gasteiger partial charge is 0.275 e. The average Bonchev–Trinajstić information content (AvgIpc) is 2.70. The van der Waals surface area contributed by atoms with Crippen LogP contribution in [0.2, 0.25) is 5.02 Å². The van der Waals surface area contributed by atoms with Gasteiger partial charge in [-0.05, 0) is 37.3 Å². The van der Waals surface area contributed by atoms with Gasteiger partial charge in [-0.2, -0.15) is 0 Å². The number of aromatic nitrogens is 2. The summed E-state index contributed by atoms with van der Waals surface area (Å²) in [4.78, 5) is 20.8. The molecule has 1 aromatic heterocycles. The van der Waals surface area contributed by atoms with Crippen molar-refractivity contribution in [3.8, 4) is 11.5 Å². The number of benzene rings is 2. The van der Waals surface area contributed by atoms with Crippen molar-refractivity contribution in [2.24, 2.45) is 0 Å². The first-order chi connectivity index (χ1) is 13.6. The molecule has 0 bridgehead atoms. The molecule has 0 spiro atoms. The number of ether oxygens (including phenoxy) is 2. The van der Waals surface area contributed by atoms with Gasteiger partial charge >= 0.3 is 0 Å². The summed E-state index contributed by atoms with van der Waals surface area (Å²) in [6, 6.07) is 12.5. The lowest BCUT2D eigenvalue weighted by molar-refractivity contribution is 0.102. The van der Waals surface area contributed by atoms with E-state index in [0.29, 0.717) is 34.6 Å². The molecule has 0 fully saturated rings. The fourth-order valence-corrected chi connectivity index (χ4v) is 2.70. The van der Waals surface area contributed by atoms with Crippen LogP contribution in [0.25, 0.3) is 0 Å². The number of nitrogens with one attached hydrogen (secondary N) is 2. The van der Waals surface area contributed by atoms with Crippen LogP contribution < -0.4 is 20.1 Å². The minimum Gasteiger partial charge on any atom is -0.495 e. The number of para-hydroxylation sites is 2. The molecule has 0 radical (unpaired) electrons. The van der Waals surface area contributed by atoms with Crippen LogP contribution in [0.15, 0.2) is 54.9 Å². The lowest BCUT2D eigenvalue weighted by Crippen LogP contribution is -2.15. The Labute approximate surface area is 167 Å². The van der Waals surface area contributed by atoms with E-state index in [4.69, 9.17) is 21.1 Å². The van der Waals surface area contributed by atoms with E-state index in [1.165, 1.54) is 12.4 Å². The molecule has 2 aromatic carbocycles. The molecule has 1 amide bonds. The standard InChI is InChI=1S/C20H19ClN4O3/c1-3-28-18-7-5-4-6-15(18)25-20(26)16-11-23-19(12-22-16)24-13-8-9-17(27-2)14(21)10-13/h4-12H,3H2,1-2H3,(H,23,24)(H,25,26). The summed E-state index contributed by atoms with van der Waals surface area (Å²) in [7, 11) is 1.55. The number of carbonyl (C=O) groups excluding carboxylic acids is 1. The Morgan fingerprint density at radius 2 is 1.93 bits per heavy atom. The predicted octanol–water partition coefficient (Wildman–Crippen LogP) is 4.53. The number of rotatable bonds is 7. The molecule has 0 atom stereocenters. The maximum Gasteiger partial charge on any atom is 0.275 e. The highest BCUT2D eigenvalue weighted by Crippen LogP contribution is 2.28. The van der Waals surface area contributed by atoms with Gasteiger partial charge in [-0.25, -0.2) is 9.97 Å². The van der Waals surface area contributed by atoms with Crippen LogP contribution in [-0.4, -0.2) is 29.6 Å². The first-order valence-electron chi connectivity index (χ1n) is 8.56. The van der Waals surface area contributed by atoms with E-state index >= 15 is 0 Å². The Morgan fingerprint density at radius 3 is 2.61 bits per heavy atom. The van der Waals surface area contributed by atoms with Gasteiger partial charge in [0.15, 0.2) is 0 Å². The topological polar surface area (TPSA) is 85.4 Å². The van der Waals surface area contributed by atoms with Crippen molar-refractivity contribution < 1.29 is 14.3 Å². The summed E-state index contributed by atoms with van der Waals surface area (Å²) in [6.07, 6.45) is 2.87. The molecular weight excluding hydrogens is 380 g/mol. The van der Waals surface area contributed by atoms with Crippen molar-refractivity contribution in [2.45, 2.75) is 6.92 Å². The molecule has 0 aliphatic heterocycles. The molecule has 2 N–H and O–H groups in total. The van der Waals surface area contributed by atoms with E-state index < -0.39 is 0 Å². The number of methoxy groups -OCH3 is 1. The quantitative estimate of drug-likeness (QED) is 0.608.